The number of hydrogen-bond donors (Lipinski definition) is 1. The van der Waals surface area contributed by atoms with E-state index in [1.165, 1.54) is 4.88 Å². The van der Waals surface area contributed by atoms with Crippen LogP contribution in [0.5, 0.6) is 0 Å². The van der Waals surface area contributed by atoms with Crippen molar-refractivity contribution in [1.29, 1.82) is 0 Å². The van der Waals surface area contributed by atoms with Gasteiger partial charge in [-0.15, -0.1) is 11.3 Å². The zero-order chi connectivity index (χ0) is 14.5. The Morgan fingerprint density at radius 2 is 2.25 bits per heavy atom. The first-order valence-electron chi connectivity index (χ1n) is 6.25. The topological polar surface area (TPSA) is 53.7 Å². The van der Waals surface area contributed by atoms with Crippen molar-refractivity contribution >= 4 is 23.4 Å². The highest BCUT2D eigenvalue weighted by Crippen LogP contribution is 2.19. The van der Waals surface area contributed by atoms with Crippen molar-refractivity contribution in [2.75, 3.05) is 7.05 Å². The van der Waals surface area contributed by atoms with Gasteiger partial charge in [0.15, 0.2) is 0 Å². The number of furan rings is 1. The lowest BCUT2D eigenvalue weighted by molar-refractivity contribution is -0.131. The summed E-state index contributed by atoms with van der Waals surface area (Å²) in [5.74, 6) is 0.946. The molecule has 5 heteroatoms. The summed E-state index contributed by atoms with van der Waals surface area (Å²) < 4.78 is 5.55. The maximum absolute atomic E-state index is 10.5. The summed E-state index contributed by atoms with van der Waals surface area (Å²) in [6, 6.07) is 5.96. The predicted molar refractivity (Wildman–Crippen MR) is 79.6 cm³/mol. The third-order valence-electron chi connectivity index (χ3n) is 2.74. The van der Waals surface area contributed by atoms with E-state index in [1.54, 1.807) is 17.4 Å². The van der Waals surface area contributed by atoms with Gasteiger partial charge < -0.3 is 9.52 Å². The largest absolute Gasteiger partial charge is 0.478 e. The van der Waals surface area contributed by atoms with Crippen molar-refractivity contribution in [2.24, 2.45) is 0 Å². The highest BCUT2D eigenvalue weighted by molar-refractivity contribution is 7.10. The summed E-state index contributed by atoms with van der Waals surface area (Å²) in [5, 5.41) is 10.5. The molecule has 0 radical (unpaired) electrons. The van der Waals surface area contributed by atoms with Crippen molar-refractivity contribution in [3.05, 3.63) is 51.6 Å². The van der Waals surface area contributed by atoms with Crippen LogP contribution >= 0.6 is 11.3 Å². The third kappa shape index (κ3) is 4.36. The molecule has 0 aromatic carbocycles. The molecule has 0 atom stereocenters. The number of aliphatic carboxylic acids is 1. The molecule has 2 aromatic heterocycles. The van der Waals surface area contributed by atoms with Gasteiger partial charge in [0.1, 0.15) is 11.5 Å². The monoisotopic (exact) mass is 291 g/mol. The zero-order valence-electron chi connectivity index (χ0n) is 11.5. The molecule has 0 unspecified atom stereocenters. The molecule has 0 aliphatic rings. The van der Waals surface area contributed by atoms with Crippen LogP contribution < -0.4 is 0 Å². The quantitative estimate of drug-likeness (QED) is 0.829. The van der Waals surface area contributed by atoms with Crippen molar-refractivity contribution in [3.8, 4) is 0 Å². The molecule has 4 nitrogen and oxygen atoms in total. The number of nitrogens with zero attached hydrogens (tertiary/aromatic N) is 1. The van der Waals surface area contributed by atoms with Gasteiger partial charge in [-0.2, -0.15) is 0 Å². The van der Waals surface area contributed by atoms with E-state index in [0.717, 1.165) is 36.2 Å². The number of carboxylic acids is 1. The number of thiophene rings is 1. The lowest BCUT2D eigenvalue weighted by Crippen LogP contribution is -2.16. The van der Waals surface area contributed by atoms with E-state index < -0.39 is 5.97 Å². The second-order valence-corrected chi connectivity index (χ2v) is 5.70. The van der Waals surface area contributed by atoms with Crippen molar-refractivity contribution in [1.82, 2.24) is 4.90 Å². The molecule has 0 saturated heterocycles. The zero-order valence-corrected chi connectivity index (χ0v) is 12.3. The minimum atomic E-state index is -0.928. The lowest BCUT2D eigenvalue weighted by Gasteiger charge is -2.13. The molecule has 0 spiro atoms. The van der Waals surface area contributed by atoms with Crippen LogP contribution in [0.1, 0.15) is 22.0 Å². The van der Waals surface area contributed by atoms with E-state index in [2.05, 4.69) is 4.90 Å². The average Bonchev–Trinajstić information content (AvgIpc) is 2.96. The van der Waals surface area contributed by atoms with Gasteiger partial charge in [-0.05, 0) is 49.2 Å². The van der Waals surface area contributed by atoms with Gasteiger partial charge in [0, 0.05) is 17.5 Å². The first-order valence-corrected chi connectivity index (χ1v) is 7.13. The lowest BCUT2D eigenvalue weighted by atomic mass is 10.3. The minimum absolute atomic E-state index is 0.756. The Labute approximate surface area is 122 Å². The van der Waals surface area contributed by atoms with E-state index in [4.69, 9.17) is 9.52 Å². The SMILES string of the molecule is Cc1ccc(CN(C)Cc2cc(C=CC(=O)O)cs2)o1. The van der Waals surface area contributed by atoms with Gasteiger partial charge in [-0.25, -0.2) is 4.79 Å². The molecule has 0 aliphatic heterocycles. The molecule has 2 aromatic rings. The van der Waals surface area contributed by atoms with Gasteiger partial charge in [0.2, 0.25) is 0 Å². The summed E-state index contributed by atoms with van der Waals surface area (Å²) in [7, 11) is 2.03. The minimum Gasteiger partial charge on any atom is -0.478 e. The van der Waals surface area contributed by atoms with Crippen LogP contribution in [0.2, 0.25) is 0 Å². The Morgan fingerprint density at radius 1 is 1.45 bits per heavy atom. The average molecular weight is 291 g/mol. The van der Waals surface area contributed by atoms with Gasteiger partial charge in [-0.1, -0.05) is 0 Å². The molecule has 2 heterocycles. The Balaban J connectivity index is 1.91. The summed E-state index contributed by atoms with van der Waals surface area (Å²) in [6.07, 6.45) is 2.76. The maximum Gasteiger partial charge on any atom is 0.328 e. The van der Waals surface area contributed by atoms with E-state index in [0.29, 0.717) is 0 Å². The van der Waals surface area contributed by atoms with Crippen molar-refractivity contribution in [2.45, 2.75) is 20.0 Å². The molecule has 0 fully saturated rings. The molecule has 2 rings (SSSR count). The third-order valence-corrected chi connectivity index (χ3v) is 3.68. The highest BCUT2D eigenvalue weighted by Gasteiger charge is 2.06. The molecular weight excluding hydrogens is 274 g/mol. The number of carboxylic acid groups (broad SMARTS) is 1. The Bertz CT molecular complexity index is 612. The summed E-state index contributed by atoms with van der Waals surface area (Å²) >= 11 is 1.63. The van der Waals surface area contributed by atoms with Crippen LogP contribution in [0.3, 0.4) is 0 Å². The summed E-state index contributed by atoms with van der Waals surface area (Å²) in [5.41, 5.74) is 0.926. The maximum atomic E-state index is 10.5. The van der Waals surface area contributed by atoms with E-state index in [1.807, 2.05) is 37.6 Å². The fourth-order valence-corrected chi connectivity index (χ4v) is 2.83. The Morgan fingerprint density at radius 3 is 2.90 bits per heavy atom. The number of rotatable bonds is 6. The van der Waals surface area contributed by atoms with Crippen LogP contribution in [0.15, 0.2) is 34.1 Å². The molecule has 1 N–H and O–H groups in total. The highest BCUT2D eigenvalue weighted by atomic mass is 32.1. The Kier molecular flexibility index (Phi) is 4.76. The second-order valence-electron chi connectivity index (χ2n) is 4.70. The van der Waals surface area contributed by atoms with Crippen LogP contribution in [0, 0.1) is 6.92 Å². The van der Waals surface area contributed by atoms with E-state index in [-0.39, 0.29) is 0 Å². The molecule has 0 aliphatic carbocycles. The fraction of sp³-hybridized carbons (Fsp3) is 0.267. The number of carbonyl (C=O) groups is 1. The van der Waals surface area contributed by atoms with Crippen LogP contribution in [-0.2, 0) is 17.9 Å². The molecular formula is C15H17NO3S. The van der Waals surface area contributed by atoms with Crippen molar-refractivity contribution < 1.29 is 14.3 Å². The Hall–Kier alpha value is -1.85. The van der Waals surface area contributed by atoms with Gasteiger partial charge in [0.25, 0.3) is 0 Å². The summed E-state index contributed by atoms with van der Waals surface area (Å²) in [4.78, 5) is 13.8. The second kappa shape index (κ2) is 6.54. The van der Waals surface area contributed by atoms with Crippen LogP contribution in [-0.4, -0.2) is 23.0 Å². The van der Waals surface area contributed by atoms with E-state index >= 15 is 0 Å². The smallest absolute Gasteiger partial charge is 0.328 e. The fourth-order valence-electron chi connectivity index (χ4n) is 1.89. The normalized spacial score (nSPS) is 11.6. The molecule has 0 saturated carbocycles. The number of aryl methyl sites for hydroxylation is 1. The van der Waals surface area contributed by atoms with Gasteiger partial charge in [0.05, 0.1) is 6.54 Å². The van der Waals surface area contributed by atoms with Crippen molar-refractivity contribution in [3.63, 3.8) is 0 Å². The first kappa shape index (κ1) is 14.6. The van der Waals surface area contributed by atoms with Crippen LogP contribution in [0.4, 0.5) is 0 Å². The van der Waals surface area contributed by atoms with E-state index in [9.17, 15) is 4.79 Å². The predicted octanol–water partition coefficient (Wildman–Crippen LogP) is 3.38. The molecule has 20 heavy (non-hydrogen) atoms. The molecule has 0 bridgehead atoms. The molecule has 0 amide bonds. The molecule has 106 valence electrons. The van der Waals surface area contributed by atoms with Gasteiger partial charge in [-0.3, -0.25) is 4.90 Å². The standard InChI is InChI=1S/C15H17NO3S/c1-11-3-5-13(19-11)8-16(2)9-14-7-12(10-20-14)4-6-15(17)18/h3-7,10H,8-9H2,1-2H3,(H,17,18). The van der Waals surface area contributed by atoms with Gasteiger partial charge >= 0.3 is 5.97 Å². The first-order chi connectivity index (χ1) is 9.52. The number of hydrogen-bond acceptors (Lipinski definition) is 4. The summed E-state index contributed by atoms with van der Waals surface area (Å²) in [6.45, 7) is 3.50. The van der Waals surface area contributed by atoms with Crippen LogP contribution in [0.25, 0.3) is 6.08 Å².